The monoisotopic (exact) mass is 324 g/mol. The van der Waals surface area contributed by atoms with E-state index in [9.17, 15) is 4.79 Å². The molecule has 2 aromatic rings. The number of furan rings is 1. The first kappa shape index (κ1) is 16.6. The Bertz CT molecular complexity index is 652. The molecule has 6 heteroatoms. The van der Waals surface area contributed by atoms with Crippen LogP contribution in [0, 0.1) is 5.92 Å². The quantitative estimate of drug-likeness (QED) is 0.887. The summed E-state index contributed by atoms with van der Waals surface area (Å²) in [7, 11) is 0. The Labute approximate surface area is 135 Å². The van der Waals surface area contributed by atoms with E-state index in [0.717, 1.165) is 35.6 Å². The third-order valence-corrected chi connectivity index (χ3v) is 3.76. The van der Waals surface area contributed by atoms with Gasteiger partial charge in [0.25, 0.3) is 0 Å². The molecular weight excluding hydrogens is 304 g/mol. The Morgan fingerprint density at radius 1 is 1.50 bits per heavy atom. The predicted molar refractivity (Wildman–Crippen MR) is 87.5 cm³/mol. The van der Waals surface area contributed by atoms with Crippen LogP contribution in [0.2, 0.25) is 0 Å². The average molecular weight is 325 g/mol. The van der Waals surface area contributed by atoms with Gasteiger partial charge in [0, 0.05) is 18.5 Å². The lowest BCUT2D eigenvalue weighted by molar-refractivity contribution is -0.127. The second-order valence-electron chi connectivity index (χ2n) is 5.34. The Hall–Kier alpha value is -1.72. The fourth-order valence-corrected chi connectivity index (χ4v) is 2.42. The van der Waals surface area contributed by atoms with E-state index in [1.54, 1.807) is 0 Å². The third-order valence-electron chi connectivity index (χ3n) is 3.76. The van der Waals surface area contributed by atoms with E-state index in [0.29, 0.717) is 6.61 Å². The standard InChI is InChI=1S/C16H20N2O3.ClH/c1-3-20-13-6-4-5-11-7-14(21-15(11)13)10(2)18-16(19)12-8-17-9-12;/h4-7,10,12,17H,3,8-9H2,1-2H3,(H,18,19);1H. The number of amides is 1. The highest BCUT2D eigenvalue weighted by Gasteiger charge is 2.26. The molecular formula is C16H21ClN2O3. The van der Waals surface area contributed by atoms with Gasteiger partial charge in [-0.05, 0) is 26.0 Å². The molecule has 2 N–H and O–H groups in total. The molecule has 120 valence electrons. The SMILES string of the molecule is CCOc1cccc2cc(C(C)NC(=O)C3CNC3)oc12.Cl. The van der Waals surface area contributed by atoms with Crippen molar-refractivity contribution < 1.29 is 13.9 Å². The molecule has 1 aromatic heterocycles. The number of hydrogen-bond acceptors (Lipinski definition) is 4. The number of benzene rings is 1. The minimum absolute atomic E-state index is 0. The van der Waals surface area contributed by atoms with Crippen molar-refractivity contribution in [3.8, 4) is 5.75 Å². The molecule has 0 saturated carbocycles. The van der Waals surface area contributed by atoms with Crippen molar-refractivity contribution in [1.29, 1.82) is 0 Å². The minimum atomic E-state index is -0.153. The Morgan fingerprint density at radius 2 is 2.27 bits per heavy atom. The van der Waals surface area contributed by atoms with Gasteiger partial charge in [0.1, 0.15) is 5.76 Å². The number of fused-ring (bicyclic) bond motifs is 1. The highest BCUT2D eigenvalue weighted by Crippen LogP contribution is 2.31. The fourth-order valence-electron chi connectivity index (χ4n) is 2.42. The smallest absolute Gasteiger partial charge is 0.226 e. The summed E-state index contributed by atoms with van der Waals surface area (Å²) in [6.07, 6.45) is 0. The highest BCUT2D eigenvalue weighted by atomic mass is 35.5. The maximum Gasteiger partial charge on any atom is 0.226 e. The molecule has 3 rings (SSSR count). The number of rotatable bonds is 5. The second-order valence-corrected chi connectivity index (χ2v) is 5.34. The van der Waals surface area contributed by atoms with Gasteiger partial charge in [-0.1, -0.05) is 12.1 Å². The van der Waals surface area contributed by atoms with Gasteiger partial charge in [-0.3, -0.25) is 4.79 Å². The van der Waals surface area contributed by atoms with Crippen molar-refractivity contribution in [2.75, 3.05) is 19.7 Å². The zero-order valence-electron chi connectivity index (χ0n) is 12.7. The predicted octanol–water partition coefficient (Wildman–Crippen LogP) is 2.65. The molecule has 1 saturated heterocycles. The van der Waals surface area contributed by atoms with Crippen LogP contribution in [0.3, 0.4) is 0 Å². The molecule has 0 bridgehead atoms. The zero-order chi connectivity index (χ0) is 14.8. The van der Waals surface area contributed by atoms with E-state index in [1.165, 1.54) is 0 Å². The molecule has 0 aliphatic carbocycles. The molecule has 1 fully saturated rings. The summed E-state index contributed by atoms with van der Waals surface area (Å²) in [5.74, 6) is 1.64. The Kier molecular flexibility index (Phi) is 5.32. The molecule has 1 aromatic carbocycles. The van der Waals surface area contributed by atoms with Gasteiger partial charge in [0.05, 0.1) is 18.6 Å². The molecule has 1 amide bonds. The van der Waals surface area contributed by atoms with Crippen LogP contribution in [0.25, 0.3) is 11.0 Å². The van der Waals surface area contributed by atoms with Crippen LogP contribution in [0.4, 0.5) is 0 Å². The van der Waals surface area contributed by atoms with Crippen LogP contribution in [0.5, 0.6) is 5.75 Å². The van der Waals surface area contributed by atoms with Crippen LogP contribution in [-0.4, -0.2) is 25.6 Å². The molecule has 2 heterocycles. The van der Waals surface area contributed by atoms with Crippen molar-refractivity contribution in [2.45, 2.75) is 19.9 Å². The summed E-state index contributed by atoms with van der Waals surface area (Å²) in [6, 6.07) is 7.62. The van der Waals surface area contributed by atoms with E-state index in [1.807, 2.05) is 38.1 Å². The van der Waals surface area contributed by atoms with Gasteiger partial charge in [0.15, 0.2) is 11.3 Å². The molecule has 22 heavy (non-hydrogen) atoms. The van der Waals surface area contributed by atoms with E-state index >= 15 is 0 Å². The molecule has 1 aliphatic heterocycles. The number of nitrogens with one attached hydrogen (secondary N) is 2. The minimum Gasteiger partial charge on any atom is -0.490 e. The van der Waals surface area contributed by atoms with Gasteiger partial charge in [0.2, 0.25) is 5.91 Å². The fraction of sp³-hybridized carbons (Fsp3) is 0.438. The summed E-state index contributed by atoms with van der Waals surface area (Å²) in [4.78, 5) is 12.0. The van der Waals surface area contributed by atoms with Crippen molar-refractivity contribution in [1.82, 2.24) is 10.6 Å². The van der Waals surface area contributed by atoms with Crippen LogP contribution >= 0.6 is 12.4 Å². The molecule has 0 spiro atoms. The van der Waals surface area contributed by atoms with Crippen molar-refractivity contribution >= 4 is 29.3 Å². The number of halogens is 1. The normalized spacial score (nSPS) is 15.7. The van der Waals surface area contributed by atoms with Gasteiger partial charge in [-0.2, -0.15) is 0 Å². The number of ether oxygens (including phenoxy) is 1. The Balaban J connectivity index is 0.00000176. The lowest BCUT2D eigenvalue weighted by Crippen LogP contribution is -2.51. The summed E-state index contributed by atoms with van der Waals surface area (Å²) in [6.45, 7) is 5.98. The van der Waals surface area contributed by atoms with Crippen molar-refractivity contribution in [3.63, 3.8) is 0 Å². The lowest BCUT2D eigenvalue weighted by atomic mass is 10.0. The Morgan fingerprint density at radius 3 is 2.91 bits per heavy atom. The topological polar surface area (TPSA) is 63.5 Å². The van der Waals surface area contributed by atoms with Crippen molar-refractivity contribution in [3.05, 3.63) is 30.0 Å². The second kappa shape index (κ2) is 7.03. The average Bonchev–Trinajstić information content (AvgIpc) is 2.82. The largest absolute Gasteiger partial charge is 0.490 e. The van der Waals surface area contributed by atoms with Crippen LogP contribution in [0.15, 0.2) is 28.7 Å². The van der Waals surface area contributed by atoms with Crippen LogP contribution in [0.1, 0.15) is 25.6 Å². The van der Waals surface area contributed by atoms with Gasteiger partial charge >= 0.3 is 0 Å². The molecule has 5 nitrogen and oxygen atoms in total. The first-order valence-electron chi connectivity index (χ1n) is 7.35. The number of carbonyl (C=O) groups is 1. The molecule has 0 radical (unpaired) electrons. The van der Waals surface area contributed by atoms with Gasteiger partial charge in [-0.15, -0.1) is 12.4 Å². The van der Waals surface area contributed by atoms with E-state index < -0.39 is 0 Å². The summed E-state index contributed by atoms with van der Waals surface area (Å²) in [5.41, 5.74) is 0.737. The lowest BCUT2D eigenvalue weighted by Gasteiger charge is -2.27. The van der Waals surface area contributed by atoms with Crippen LogP contribution < -0.4 is 15.4 Å². The summed E-state index contributed by atoms with van der Waals surface area (Å²) in [5, 5.41) is 7.08. The number of para-hydroxylation sites is 1. The van der Waals surface area contributed by atoms with E-state index in [2.05, 4.69) is 10.6 Å². The highest BCUT2D eigenvalue weighted by molar-refractivity contribution is 5.85. The molecule has 1 unspecified atom stereocenters. The number of hydrogen-bond donors (Lipinski definition) is 2. The van der Waals surface area contributed by atoms with Crippen molar-refractivity contribution in [2.24, 2.45) is 5.92 Å². The summed E-state index contributed by atoms with van der Waals surface area (Å²) >= 11 is 0. The molecule has 1 atom stereocenters. The first-order valence-corrected chi connectivity index (χ1v) is 7.35. The summed E-state index contributed by atoms with van der Waals surface area (Å²) < 4.78 is 11.5. The molecule has 1 aliphatic rings. The van der Waals surface area contributed by atoms with E-state index in [4.69, 9.17) is 9.15 Å². The first-order chi connectivity index (χ1) is 10.2. The van der Waals surface area contributed by atoms with Gasteiger partial charge in [-0.25, -0.2) is 0 Å². The zero-order valence-corrected chi connectivity index (χ0v) is 13.5. The van der Waals surface area contributed by atoms with Crippen LogP contribution in [-0.2, 0) is 4.79 Å². The third kappa shape index (κ3) is 3.20. The maximum atomic E-state index is 12.0. The van der Waals surface area contributed by atoms with E-state index in [-0.39, 0.29) is 30.3 Å². The van der Waals surface area contributed by atoms with Gasteiger partial charge < -0.3 is 19.8 Å². The number of carbonyl (C=O) groups excluding carboxylic acids is 1. The maximum absolute atomic E-state index is 12.0.